The minimum absolute atomic E-state index is 0.00318. The monoisotopic (exact) mass is 400 g/mol. The zero-order valence-electron chi connectivity index (χ0n) is 16.8. The highest BCUT2D eigenvalue weighted by Crippen LogP contribution is 2.37. The lowest BCUT2D eigenvalue weighted by molar-refractivity contribution is -0.144. The molecule has 28 heavy (non-hydrogen) atoms. The molecule has 150 valence electrons. The molecule has 6 heteroatoms. The largest absolute Gasteiger partial charge is 0.375 e. The minimum atomic E-state index is -0.144. The van der Waals surface area contributed by atoms with Crippen LogP contribution in [-0.2, 0) is 20.7 Å². The average Bonchev–Trinajstić information content (AvgIpc) is 3.16. The zero-order valence-corrected chi connectivity index (χ0v) is 17.6. The molecule has 0 saturated carbocycles. The minimum Gasteiger partial charge on any atom is -0.375 e. The van der Waals surface area contributed by atoms with E-state index in [1.165, 1.54) is 17.6 Å². The lowest BCUT2D eigenvalue weighted by Crippen LogP contribution is -2.48. The summed E-state index contributed by atoms with van der Waals surface area (Å²) in [6, 6.07) is 12.2. The quantitative estimate of drug-likeness (QED) is 0.716. The van der Waals surface area contributed by atoms with Gasteiger partial charge in [-0.25, -0.2) is 0 Å². The Morgan fingerprint density at radius 1 is 1.25 bits per heavy atom. The number of rotatable bonds is 7. The number of hydrogen-bond donors (Lipinski definition) is 0. The van der Waals surface area contributed by atoms with Gasteiger partial charge in [0.1, 0.15) is 6.61 Å². The van der Waals surface area contributed by atoms with Gasteiger partial charge in [-0.2, -0.15) is 0 Å². The van der Waals surface area contributed by atoms with Crippen LogP contribution >= 0.6 is 11.3 Å². The molecule has 1 aromatic heterocycles. The van der Waals surface area contributed by atoms with Crippen molar-refractivity contribution in [1.82, 2.24) is 9.80 Å². The molecule has 0 aliphatic carbocycles. The maximum atomic E-state index is 13.3. The predicted octanol–water partition coefficient (Wildman–Crippen LogP) is 3.35. The van der Waals surface area contributed by atoms with Crippen LogP contribution in [0.25, 0.3) is 0 Å². The second kappa shape index (κ2) is 9.34. The number of nitrogens with zero attached hydrogens (tertiary/aromatic N) is 2. The van der Waals surface area contributed by atoms with E-state index in [1.807, 2.05) is 36.9 Å². The highest BCUT2D eigenvalue weighted by atomic mass is 32.1. The van der Waals surface area contributed by atoms with Crippen molar-refractivity contribution in [1.29, 1.82) is 0 Å². The molecule has 2 amide bonds. The second-order valence-electron chi connectivity index (χ2n) is 7.55. The van der Waals surface area contributed by atoms with Crippen LogP contribution in [0.4, 0.5) is 0 Å². The zero-order chi connectivity index (χ0) is 20.1. The molecule has 2 heterocycles. The summed E-state index contributed by atoms with van der Waals surface area (Å²) in [5, 5.41) is 2.10. The Morgan fingerprint density at radius 2 is 2.00 bits per heavy atom. The Labute approximate surface area is 170 Å². The number of hydrogen-bond acceptors (Lipinski definition) is 4. The maximum absolute atomic E-state index is 13.3. The Morgan fingerprint density at radius 3 is 2.68 bits per heavy atom. The highest BCUT2D eigenvalue weighted by Gasteiger charge is 2.33. The van der Waals surface area contributed by atoms with Crippen molar-refractivity contribution in [2.24, 2.45) is 5.92 Å². The van der Waals surface area contributed by atoms with E-state index in [0.29, 0.717) is 13.1 Å². The fourth-order valence-electron chi connectivity index (χ4n) is 3.74. The fourth-order valence-corrected chi connectivity index (χ4v) is 4.65. The number of carbonyl (C=O) groups is 2. The number of ether oxygens (including phenoxy) is 1. The van der Waals surface area contributed by atoms with E-state index in [1.54, 1.807) is 16.2 Å². The number of methoxy groups -OCH3 is 1. The molecule has 1 atom stereocenters. The number of benzene rings is 1. The van der Waals surface area contributed by atoms with Gasteiger partial charge in [-0.15, -0.1) is 11.3 Å². The predicted molar refractivity (Wildman–Crippen MR) is 111 cm³/mol. The lowest BCUT2D eigenvalue weighted by atomic mass is 9.93. The lowest BCUT2D eigenvalue weighted by Gasteiger charge is -2.37. The Balaban J connectivity index is 1.85. The van der Waals surface area contributed by atoms with Crippen molar-refractivity contribution in [3.8, 4) is 0 Å². The summed E-state index contributed by atoms with van der Waals surface area (Å²) in [5.41, 5.74) is 2.31. The van der Waals surface area contributed by atoms with Gasteiger partial charge >= 0.3 is 0 Å². The normalized spacial score (nSPS) is 16.1. The number of carbonyl (C=O) groups excluding carboxylic acids is 2. The molecule has 2 aromatic rings. The second-order valence-corrected chi connectivity index (χ2v) is 8.55. The third kappa shape index (κ3) is 4.62. The molecule has 1 aliphatic rings. The molecule has 1 aromatic carbocycles. The first-order valence-electron chi connectivity index (χ1n) is 9.68. The Bertz CT molecular complexity index is 803. The molecule has 0 N–H and O–H groups in total. The van der Waals surface area contributed by atoms with Gasteiger partial charge in [0.2, 0.25) is 11.8 Å². The summed E-state index contributed by atoms with van der Waals surface area (Å²) < 4.78 is 5.01. The van der Waals surface area contributed by atoms with Crippen LogP contribution in [0.2, 0.25) is 0 Å². The first-order valence-corrected chi connectivity index (χ1v) is 10.6. The van der Waals surface area contributed by atoms with Crippen molar-refractivity contribution in [2.45, 2.75) is 26.3 Å². The van der Waals surface area contributed by atoms with Gasteiger partial charge in [-0.1, -0.05) is 44.2 Å². The standard InChI is InChI=1S/C22H28N2O3S/c1-16(2)13-23(21(26)15-27-3)14-20(25)24-11-9-19-18(10-12-28-19)22(24)17-7-5-4-6-8-17/h4-8,10,12,16,22H,9,11,13-15H2,1-3H3/t22-/m0/s1. The van der Waals surface area contributed by atoms with E-state index in [9.17, 15) is 9.59 Å². The van der Waals surface area contributed by atoms with Gasteiger partial charge in [0.05, 0.1) is 12.6 Å². The van der Waals surface area contributed by atoms with Crippen molar-refractivity contribution >= 4 is 23.2 Å². The van der Waals surface area contributed by atoms with E-state index in [-0.39, 0.29) is 36.9 Å². The summed E-state index contributed by atoms with van der Waals surface area (Å²) in [6.45, 7) is 5.38. The molecular weight excluding hydrogens is 372 g/mol. The molecular formula is C22H28N2O3S. The summed E-state index contributed by atoms with van der Waals surface area (Å²) in [6.07, 6.45) is 0.859. The van der Waals surface area contributed by atoms with E-state index in [4.69, 9.17) is 4.74 Å². The van der Waals surface area contributed by atoms with E-state index in [2.05, 4.69) is 23.6 Å². The van der Waals surface area contributed by atoms with Gasteiger partial charge in [-0.3, -0.25) is 9.59 Å². The molecule has 0 saturated heterocycles. The van der Waals surface area contributed by atoms with Gasteiger partial charge in [0.25, 0.3) is 0 Å². The number of fused-ring (bicyclic) bond motifs is 1. The van der Waals surface area contributed by atoms with Crippen molar-refractivity contribution < 1.29 is 14.3 Å². The van der Waals surface area contributed by atoms with Gasteiger partial charge in [0, 0.05) is 25.1 Å². The summed E-state index contributed by atoms with van der Waals surface area (Å²) >= 11 is 1.75. The fraction of sp³-hybridized carbons (Fsp3) is 0.455. The van der Waals surface area contributed by atoms with E-state index < -0.39 is 0 Å². The van der Waals surface area contributed by atoms with Gasteiger partial charge in [-0.05, 0) is 34.9 Å². The highest BCUT2D eigenvalue weighted by molar-refractivity contribution is 7.10. The van der Waals surface area contributed by atoms with Crippen LogP contribution in [0, 0.1) is 5.92 Å². The Kier molecular flexibility index (Phi) is 6.86. The van der Waals surface area contributed by atoms with E-state index >= 15 is 0 Å². The Hall–Kier alpha value is -2.18. The van der Waals surface area contributed by atoms with Crippen molar-refractivity contribution in [2.75, 3.05) is 33.4 Å². The molecule has 5 nitrogen and oxygen atoms in total. The maximum Gasteiger partial charge on any atom is 0.249 e. The third-order valence-electron chi connectivity index (χ3n) is 4.93. The molecule has 0 bridgehead atoms. The molecule has 0 radical (unpaired) electrons. The van der Waals surface area contributed by atoms with Crippen LogP contribution in [0.15, 0.2) is 41.8 Å². The van der Waals surface area contributed by atoms with Crippen LogP contribution < -0.4 is 0 Å². The summed E-state index contributed by atoms with van der Waals surface area (Å²) in [5.74, 6) is 0.119. The molecule has 0 unspecified atom stereocenters. The number of thiophene rings is 1. The third-order valence-corrected chi connectivity index (χ3v) is 5.93. The number of amides is 2. The van der Waals surface area contributed by atoms with Crippen LogP contribution in [0.1, 0.15) is 35.9 Å². The molecule has 0 spiro atoms. The molecule has 1 aliphatic heterocycles. The first-order chi connectivity index (χ1) is 13.5. The van der Waals surface area contributed by atoms with Crippen LogP contribution in [0.5, 0.6) is 0 Å². The topological polar surface area (TPSA) is 49.9 Å². The smallest absolute Gasteiger partial charge is 0.249 e. The summed E-state index contributed by atoms with van der Waals surface area (Å²) in [7, 11) is 1.50. The molecule has 0 fully saturated rings. The van der Waals surface area contributed by atoms with Gasteiger partial charge in [0.15, 0.2) is 0 Å². The van der Waals surface area contributed by atoms with Gasteiger partial charge < -0.3 is 14.5 Å². The van der Waals surface area contributed by atoms with Crippen LogP contribution in [-0.4, -0.2) is 55.0 Å². The SMILES string of the molecule is COCC(=O)N(CC(=O)N1CCc2sccc2[C@@H]1c1ccccc1)CC(C)C. The van der Waals surface area contributed by atoms with Crippen molar-refractivity contribution in [3.63, 3.8) is 0 Å². The first kappa shape index (κ1) is 20.6. The van der Waals surface area contributed by atoms with Crippen molar-refractivity contribution in [3.05, 3.63) is 57.8 Å². The average molecular weight is 401 g/mol. The van der Waals surface area contributed by atoms with E-state index in [0.717, 1.165) is 12.0 Å². The summed E-state index contributed by atoms with van der Waals surface area (Å²) in [4.78, 5) is 30.6. The molecule has 3 rings (SSSR count). The van der Waals surface area contributed by atoms with Crippen LogP contribution in [0.3, 0.4) is 0 Å².